The van der Waals surface area contributed by atoms with E-state index in [1.807, 2.05) is 18.2 Å². The average molecular weight is 211 g/mol. The summed E-state index contributed by atoms with van der Waals surface area (Å²) >= 11 is 5.88. The maximum Gasteiger partial charge on any atom is 0.138 e. The summed E-state index contributed by atoms with van der Waals surface area (Å²) in [4.78, 5) is 0. The molecule has 0 atom stereocenters. The Morgan fingerprint density at radius 2 is 2.15 bits per heavy atom. The van der Waals surface area contributed by atoms with Gasteiger partial charge in [-0.15, -0.1) is 24.0 Å². The van der Waals surface area contributed by atoms with Crippen molar-refractivity contribution in [1.29, 1.82) is 0 Å². The van der Waals surface area contributed by atoms with Gasteiger partial charge in [0.15, 0.2) is 0 Å². The van der Waals surface area contributed by atoms with Gasteiger partial charge in [-0.05, 0) is 17.5 Å². The van der Waals surface area contributed by atoms with Crippen LogP contribution in [0.2, 0.25) is 0 Å². The minimum atomic E-state index is 0.718. The number of anilines is 1. The van der Waals surface area contributed by atoms with Gasteiger partial charge in [-0.2, -0.15) is 0 Å². The van der Waals surface area contributed by atoms with E-state index in [9.17, 15) is 0 Å². The minimum absolute atomic E-state index is 0.718. The van der Waals surface area contributed by atoms with Gasteiger partial charge in [0.05, 0.1) is 16.0 Å². The normalized spacial score (nSPS) is 10.6. The van der Waals surface area contributed by atoms with Crippen LogP contribution in [0.1, 0.15) is 0 Å². The van der Waals surface area contributed by atoms with E-state index < -0.39 is 0 Å². The van der Waals surface area contributed by atoms with Gasteiger partial charge in [0.1, 0.15) is 5.75 Å². The van der Waals surface area contributed by atoms with E-state index in [-0.39, 0.29) is 0 Å². The number of benzene rings is 1. The molecule has 1 aromatic heterocycles. The van der Waals surface area contributed by atoms with Crippen LogP contribution in [0.4, 0.5) is 5.69 Å². The highest BCUT2D eigenvalue weighted by Crippen LogP contribution is 2.36. The maximum absolute atomic E-state index is 5.71. The number of nitrogen functional groups attached to an aromatic ring is 1. The number of nitrogens with two attached hydrogens (primary N) is 1. The predicted molar refractivity (Wildman–Crippen MR) is 60.0 cm³/mol. The molecule has 2 N–H and O–H groups in total. The smallest absolute Gasteiger partial charge is 0.138 e. The molecule has 0 fully saturated rings. The molecule has 0 saturated heterocycles. The van der Waals surface area contributed by atoms with E-state index in [2.05, 4.69) is 12.6 Å². The number of thiophene rings is 1. The third-order valence-corrected chi connectivity index (χ3v) is 3.18. The molecule has 68 valence electrons. The lowest BCUT2D eigenvalue weighted by Crippen LogP contribution is -1.87. The van der Waals surface area contributed by atoms with E-state index in [4.69, 9.17) is 10.5 Å². The molecule has 2 aromatic rings. The highest BCUT2D eigenvalue weighted by atomic mass is 32.2. The van der Waals surface area contributed by atoms with Crippen LogP contribution in [-0.4, -0.2) is 7.11 Å². The number of ether oxygens (including phenoxy) is 1. The fraction of sp³-hybridized carbons (Fsp3) is 0.111. The zero-order valence-electron chi connectivity index (χ0n) is 7.07. The number of fused-ring (bicyclic) bond motifs is 1. The first-order chi connectivity index (χ1) is 6.20. The van der Waals surface area contributed by atoms with Crippen LogP contribution in [0.3, 0.4) is 0 Å². The zero-order chi connectivity index (χ0) is 9.42. The Balaban J connectivity index is 2.80. The molecular weight excluding hydrogens is 202 g/mol. The Labute approximate surface area is 85.7 Å². The molecule has 1 heterocycles. The van der Waals surface area contributed by atoms with Crippen LogP contribution in [0, 0.1) is 0 Å². The van der Waals surface area contributed by atoms with Crippen LogP contribution < -0.4 is 10.5 Å². The third kappa shape index (κ3) is 1.47. The first-order valence-electron chi connectivity index (χ1n) is 3.76. The Kier molecular flexibility index (Phi) is 2.09. The van der Waals surface area contributed by atoms with Crippen molar-refractivity contribution >= 4 is 39.7 Å². The van der Waals surface area contributed by atoms with Gasteiger partial charge in [-0.3, -0.25) is 0 Å². The fourth-order valence-electron chi connectivity index (χ4n) is 1.28. The molecule has 0 aliphatic rings. The second-order valence-corrected chi connectivity index (χ2v) is 4.56. The van der Waals surface area contributed by atoms with E-state index in [1.165, 1.54) is 0 Å². The van der Waals surface area contributed by atoms with Crippen molar-refractivity contribution in [2.45, 2.75) is 4.21 Å². The second kappa shape index (κ2) is 3.12. The zero-order valence-corrected chi connectivity index (χ0v) is 8.78. The second-order valence-electron chi connectivity index (χ2n) is 2.73. The summed E-state index contributed by atoms with van der Waals surface area (Å²) in [6, 6.07) is 5.74. The van der Waals surface area contributed by atoms with Crippen molar-refractivity contribution < 1.29 is 4.74 Å². The van der Waals surface area contributed by atoms with Crippen molar-refractivity contribution in [3.63, 3.8) is 0 Å². The highest BCUT2D eigenvalue weighted by Gasteiger charge is 2.06. The Morgan fingerprint density at radius 3 is 2.85 bits per heavy atom. The van der Waals surface area contributed by atoms with Crippen molar-refractivity contribution in [2.24, 2.45) is 0 Å². The summed E-state index contributed by atoms with van der Waals surface area (Å²) in [7, 11) is 1.64. The van der Waals surface area contributed by atoms with Crippen LogP contribution in [0.15, 0.2) is 22.4 Å². The molecule has 2 rings (SSSR count). The van der Waals surface area contributed by atoms with Gasteiger partial charge in [-0.1, -0.05) is 0 Å². The lowest BCUT2D eigenvalue weighted by molar-refractivity contribution is 0.420. The van der Waals surface area contributed by atoms with Gasteiger partial charge in [0, 0.05) is 11.8 Å². The van der Waals surface area contributed by atoms with E-state index in [0.717, 1.165) is 25.7 Å². The number of rotatable bonds is 1. The number of methoxy groups -OCH3 is 1. The Morgan fingerprint density at radius 1 is 1.38 bits per heavy atom. The minimum Gasteiger partial charge on any atom is -0.495 e. The Hall–Kier alpha value is -0.870. The maximum atomic E-state index is 5.71. The molecule has 0 spiro atoms. The molecule has 2 nitrogen and oxygen atoms in total. The van der Waals surface area contributed by atoms with E-state index in [1.54, 1.807) is 18.4 Å². The first-order valence-corrected chi connectivity index (χ1v) is 5.03. The summed E-state index contributed by atoms with van der Waals surface area (Å²) in [5, 5.41) is 1.09. The molecule has 0 saturated carbocycles. The molecule has 0 bridgehead atoms. The third-order valence-electron chi connectivity index (χ3n) is 1.81. The highest BCUT2D eigenvalue weighted by molar-refractivity contribution is 7.83. The Bertz CT molecular complexity index is 450. The summed E-state index contributed by atoms with van der Waals surface area (Å²) in [6.07, 6.45) is 0. The van der Waals surface area contributed by atoms with Crippen molar-refractivity contribution in [1.82, 2.24) is 0 Å². The standard InChI is InChI=1S/C9H9NOS2/c1-11-7-4-6(10)2-5-3-8(12)13-9(5)7/h2-4,12H,10H2,1H3. The number of hydrogen-bond acceptors (Lipinski definition) is 4. The van der Waals surface area contributed by atoms with Gasteiger partial charge in [0.2, 0.25) is 0 Å². The van der Waals surface area contributed by atoms with Crippen molar-refractivity contribution in [3.8, 4) is 5.75 Å². The van der Waals surface area contributed by atoms with Crippen LogP contribution >= 0.6 is 24.0 Å². The average Bonchev–Trinajstić information content (AvgIpc) is 2.43. The number of hydrogen-bond donors (Lipinski definition) is 2. The predicted octanol–water partition coefficient (Wildman–Crippen LogP) is 2.78. The van der Waals surface area contributed by atoms with Gasteiger partial charge < -0.3 is 10.5 Å². The van der Waals surface area contributed by atoms with E-state index in [0.29, 0.717) is 0 Å². The van der Waals surface area contributed by atoms with Crippen LogP contribution in [0.25, 0.3) is 10.1 Å². The van der Waals surface area contributed by atoms with Crippen LogP contribution in [-0.2, 0) is 0 Å². The summed E-state index contributed by atoms with van der Waals surface area (Å²) in [5.74, 6) is 0.820. The summed E-state index contributed by atoms with van der Waals surface area (Å²) in [6.45, 7) is 0. The molecule has 13 heavy (non-hydrogen) atoms. The monoisotopic (exact) mass is 211 g/mol. The molecule has 0 aliphatic carbocycles. The fourth-order valence-corrected chi connectivity index (χ4v) is 2.57. The molecule has 0 aliphatic heterocycles. The molecule has 1 aromatic carbocycles. The van der Waals surface area contributed by atoms with Gasteiger partial charge in [-0.25, -0.2) is 0 Å². The molecule has 4 heteroatoms. The van der Waals surface area contributed by atoms with E-state index >= 15 is 0 Å². The van der Waals surface area contributed by atoms with Crippen molar-refractivity contribution in [3.05, 3.63) is 18.2 Å². The summed E-state index contributed by atoms with van der Waals surface area (Å²) < 4.78 is 7.29. The molecule has 0 amide bonds. The van der Waals surface area contributed by atoms with Crippen molar-refractivity contribution in [2.75, 3.05) is 12.8 Å². The number of thiol groups is 1. The lowest BCUT2D eigenvalue weighted by Gasteiger charge is -2.02. The first kappa shape index (κ1) is 8.72. The molecule has 0 radical (unpaired) electrons. The SMILES string of the molecule is COc1cc(N)cc2cc(S)sc12. The lowest BCUT2D eigenvalue weighted by atomic mass is 10.2. The van der Waals surface area contributed by atoms with Gasteiger partial charge >= 0.3 is 0 Å². The topological polar surface area (TPSA) is 35.2 Å². The van der Waals surface area contributed by atoms with Gasteiger partial charge in [0.25, 0.3) is 0 Å². The molecular formula is C9H9NOS2. The largest absolute Gasteiger partial charge is 0.495 e. The molecule has 0 unspecified atom stereocenters. The summed E-state index contributed by atoms with van der Waals surface area (Å²) in [5.41, 5.74) is 6.43. The quantitative estimate of drug-likeness (QED) is 0.562. The van der Waals surface area contributed by atoms with Crippen LogP contribution in [0.5, 0.6) is 5.75 Å².